The summed E-state index contributed by atoms with van der Waals surface area (Å²) in [6.45, 7) is 0. The fraction of sp³-hybridized carbons (Fsp3) is 0.0476. The fourth-order valence-electron chi connectivity index (χ4n) is 6.08. The summed E-state index contributed by atoms with van der Waals surface area (Å²) in [6, 6.07) is 41.6. The lowest BCUT2D eigenvalue weighted by atomic mass is 9.96. The third kappa shape index (κ3) is 5.89. The molecule has 0 saturated carbocycles. The zero-order chi connectivity index (χ0) is 33.0. The minimum atomic E-state index is -1.45. The minimum Gasteiger partial charge on any atom is -0.311 e. The second-order valence-electron chi connectivity index (χ2n) is 11.4. The number of hydrogen-bond donors (Lipinski definition) is 0. The number of benzene rings is 6. The molecule has 0 radical (unpaired) electrons. The molecule has 1 aliphatic rings. The highest BCUT2D eigenvalue weighted by atomic mass is 19.2. The van der Waals surface area contributed by atoms with Crippen molar-refractivity contribution in [2.75, 3.05) is 9.80 Å². The Balaban J connectivity index is 1.23. The van der Waals surface area contributed by atoms with E-state index in [4.69, 9.17) is 0 Å². The van der Waals surface area contributed by atoms with Crippen molar-refractivity contribution in [3.8, 4) is 22.3 Å². The summed E-state index contributed by atoms with van der Waals surface area (Å²) in [5.41, 5.74) is 3.59. The molecule has 0 aliphatic heterocycles. The van der Waals surface area contributed by atoms with Crippen LogP contribution in [0.5, 0.6) is 0 Å². The Morgan fingerprint density at radius 3 is 1.10 bits per heavy atom. The van der Waals surface area contributed by atoms with Crippen LogP contribution in [0.25, 0.3) is 22.3 Å². The monoisotopic (exact) mass is 638 g/mol. The zero-order valence-electron chi connectivity index (χ0n) is 25.8. The van der Waals surface area contributed by atoms with Crippen LogP contribution < -0.4 is 9.80 Å². The van der Waals surface area contributed by atoms with E-state index >= 15 is 17.6 Å². The largest absolute Gasteiger partial charge is 0.311 e. The second-order valence-corrected chi connectivity index (χ2v) is 11.4. The average molecular weight is 639 g/mol. The molecule has 0 spiro atoms. The van der Waals surface area contributed by atoms with Gasteiger partial charge in [-0.25, -0.2) is 17.6 Å². The summed E-state index contributed by atoms with van der Waals surface area (Å²) in [5.74, 6) is -5.80. The van der Waals surface area contributed by atoms with Crippen LogP contribution in [-0.4, -0.2) is 0 Å². The molecule has 0 saturated heterocycles. The smallest absolute Gasteiger partial charge is 0.170 e. The highest BCUT2D eigenvalue weighted by Gasteiger charge is 2.28. The highest BCUT2D eigenvalue weighted by Crippen LogP contribution is 2.40. The molecule has 0 unspecified atom stereocenters. The Morgan fingerprint density at radius 2 is 0.729 bits per heavy atom. The van der Waals surface area contributed by atoms with Crippen molar-refractivity contribution in [1.29, 1.82) is 0 Å². The first-order valence-corrected chi connectivity index (χ1v) is 15.7. The zero-order valence-corrected chi connectivity index (χ0v) is 25.8. The SMILES string of the molecule is Fc1c(F)c(-c2ccc(N(c3ccccc3)c3ccccc3)cc2)c(F)c(F)c1-c1ccc(N(C2=CCCC=C2)c2ccccc2)cc1. The van der Waals surface area contributed by atoms with Crippen molar-refractivity contribution in [1.82, 2.24) is 0 Å². The van der Waals surface area contributed by atoms with Crippen molar-refractivity contribution in [2.24, 2.45) is 0 Å². The molecule has 0 N–H and O–H groups in total. The first-order valence-electron chi connectivity index (χ1n) is 15.7. The Morgan fingerprint density at radius 1 is 0.375 bits per heavy atom. The lowest BCUT2D eigenvalue weighted by Gasteiger charge is -2.27. The third-order valence-electron chi connectivity index (χ3n) is 8.37. The first-order chi connectivity index (χ1) is 23.5. The molecule has 1 aliphatic carbocycles. The van der Waals surface area contributed by atoms with E-state index in [9.17, 15) is 0 Å². The molecular formula is C42H30F4N2. The van der Waals surface area contributed by atoms with Gasteiger partial charge in [0.1, 0.15) is 0 Å². The second kappa shape index (κ2) is 13.5. The maximum atomic E-state index is 15.7. The molecule has 236 valence electrons. The number of rotatable bonds is 8. The molecule has 0 aromatic heterocycles. The quantitative estimate of drug-likeness (QED) is 0.121. The van der Waals surface area contributed by atoms with Crippen LogP contribution in [0, 0.1) is 23.3 Å². The van der Waals surface area contributed by atoms with Gasteiger partial charge in [0, 0.05) is 34.1 Å². The Labute approximate surface area is 277 Å². The van der Waals surface area contributed by atoms with Gasteiger partial charge in [0.2, 0.25) is 0 Å². The molecular weight excluding hydrogens is 608 g/mol. The normalized spacial score (nSPS) is 12.5. The molecule has 0 bridgehead atoms. The van der Waals surface area contributed by atoms with E-state index in [1.54, 1.807) is 24.3 Å². The number of para-hydroxylation sites is 3. The Hall–Kier alpha value is -5.88. The summed E-state index contributed by atoms with van der Waals surface area (Å²) in [5, 5.41) is 0. The summed E-state index contributed by atoms with van der Waals surface area (Å²) in [6.07, 6.45) is 8.07. The predicted molar refractivity (Wildman–Crippen MR) is 187 cm³/mol. The maximum Gasteiger partial charge on any atom is 0.170 e. The standard InChI is InChI=1S/C42H30F4N2/c43-39-37(29-21-25-35(26-22-29)47(31-13-5-1-6-14-31)32-15-7-2-8-16-32)40(44)42(46)38(41(39)45)30-23-27-36(28-24-30)48(33-17-9-3-10-18-33)34-19-11-4-12-20-34/h1-3,5-11,13-28H,4,12H2. The van der Waals surface area contributed by atoms with Crippen LogP contribution in [0.4, 0.5) is 46.0 Å². The van der Waals surface area contributed by atoms with Crippen LogP contribution in [0.3, 0.4) is 0 Å². The van der Waals surface area contributed by atoms with Gasteiger partial charge in [-0.15, -0.1) is 0 Å². The Bertz CT molecular complexity index is 2020. The van der Waals surface area contributed by atoms with Crippen LogP contribution >= 0.6 is 0 Å². The van der Waals surface area contributed by atoms with Gasteiger partial charge >= 0.3 is 0 Å². The number of allylic oxidation sites excluding steroid dienone is 3. The van der Waals surface area contributed by atoms with Gasteiger partial charge in [-0.1, -0.05) is 91.0 Å². The van der Waals surface area contributed by atoms with Crippen molar-refractivity contribution >= 4 is 28.4 Å². The van der Waals surface area contributed by atoms with E-state index in [2.05, 4.69) is 12.2 Å². The summed E-state index contributed by atoms with van der Waals surface area (Å²) in [4.78, 5) is 4.00. The maximum absolute atomic E-state index is 15.7. The number of hydrogen-bond acceptors (Lipinski definition) is 2. The van der Waals surface area contributed by atoms with Crippen LogP contribution in [0.15, 0.2) is 163 Å². The molecule has 0 atom stereocenters. The van der Waals surface area contributed by atoms with Gasteiger partial charge in [0.25, 0.3) is 0 Å². The summed E-state index contributed by atoms with van der Waals surface area (Å²) >= 11 is 0. The summed E-state index contributed by atoms with van der Waals surface area (Å²) in [7, 11) is 0. The minimum absolute atomic E-state index is 0.0156. The van der Waals surface area contributed by atoms with Crippen LogP contribution in [0.1, 0.15) is 12.8 Å². The molecule has 6 heteroatoms. The van der Waals surface area contributed by atoms with Crippen molar-refractivity contribution in [3.63, 3.8) is 0 Å². The molecule has 0 fully saturated rings. The van der Waals surface area contributed by atoms with Crippen LogP contribution in [-0.2, 0) is 0 Å². The molecule has 0 amide bonds. The van der Waals surface area contributed by atoms with Crippen molar-refractivity contribution in [3.05, 3.63) is 187 Å². The average Bonchev–Trinajstić information content (AvgIpc) is 3.14. The number of halogens is 4. The molecule has 2 nitrogen and oxygen atoms in total. The van der Waals surface area contributed by atoms with E-state index in [1.807, 2.05) is 107 Å². The van der Waals surface area contributed by atoms with E-state index in [0.717, 1.165) is 41.3 Å². The van der Waals surface area contributed by atoms with Gasteiger partial charge in [0.15, 0.2) is 23.3 Å². The van der Waals surface area contributed by atoms with E-state index in [-0.39, 0.29) is 11.1 Å². The van der Waals surface area contributed by atoms with Gasteiger partial charge < -0.3 is 9.80 Å². The van der Waals surface area contributed by atoms with Gasteiger partial charge in [-0.05, 0) is 90.7 Å². The highest BCUT2D eigenvalue weighted by molar-refractivity contribution is 5.80. The number of anilines is 5. The Kier molecular flexibility index (Phi) is 8.63. The molecule has 6 aromatic rings. The topological polar surface area (TPSA) is 6.48 Å². The first kappa shape index (κ1) is 30.8. The van der Waals surface area contributed by atoms with Gasteiger partial charge in [-0.2, -0.15) is 0 Å². The molecule has 6 aromatic carbocycles. The van der Waals surface area contributed by atoms with E-state index in [1.165, 1.54) is 24.3 Å². The third-order valence-corrected chi connectivity index (χ3v) is 8.37. The van der Waals surface area contributed by atoms with E-state index in [0.29, 0.717) is 5.69 Å². The molecule has 48 heavy (non-hydrogen) atoms. The lowest BCUT2D eigenvalue weighted by Crippen LogP contribution is -2.16. The lowest BCUT2D eigenvalue weighted by molar-refractivity contribution is 0.463. The molecule has 0 heterocycles. The fourth-order valence-corrected chi connectivity index (χ4v) is 6.08. The van der Waals surface area contributed by atoms with Gasteiger partial charge in [0.05, 0.1) is 11.1 Å². The predicted octanol–water partition coefficient (Wildman–Crippen LogP) is 12.4. The van der Waals surface area contributed by atoms with Crippen LogP contribution in [0.2, 0.25) is 0 Å². The van der Waals surface area contributed by atoms with Gasteiger partial charge in [-0.3, -0.25) is 0 Å². The number of nitrogens with zero attached hydrogens (tertiary/aromatic N) is 2. The van der Waals surface area contributed by atoms with Crippen molar-refractivity contribution < 1.29 is 17.6 Å². The molecule has 7 rings (SSSR count). The van der Waals surface area contributed by atoms with Crippen molar-refractivity contribution in [2.45, 2.75) is 12.8 Å². The summed E-state index contributed by atoms with van der Waals surface area (Å²) < 4.78 is 62.9. The van der Waals surface area contributed by atoms with E-state index < -0.39 is 34.4 Å².